The molecule has 45 heavy (non-hydrogen) atoms. The monoisotopic (exact) mass is 580 g/mol. The molecule has 0 spiro atoms. The van der Waals surface area contributed by atoms with Gasteiger partial charge in [0.15, 0.2) is 0 Å². The van der Waals surface area contributed by atoms with Crippen molar-refractivity contribution in [3.63, 3.8) is 0 Å². The SMILES string of the molecule is [2H]c1c([2H])c([2H])c2c(-c3ccc(-c4ccccc4)c4oc5ccccc5c34)c3c([2H])c([2H])c([2H])c([2H])c3c(-c3cccc(-c4ccccc4)c3)c2c1[2H]. The lowest BCUT2D eigenvalue weighted by Gasteiger charge is -2.19. The first-order chi connectivity index (χ1) is 25.7. The van der Waals surface area contributed by atoms with Gasteiger partial charge in [-0.1, -0.05) is 151 Å². The van der Waals surface area contributed by atoms with Crippen LogP contribution >= 0.6 is 0 Å². The molecular weight excluding hydrogens is 544 g/mol. The van der Waals surface area contributed by atoms with Crippen molar-refractivity contribution in [3.8, 4) is 44.5 Å². The number of hydrogen-bond acceptors (Lipinski definition) is 1. The van der Waals surface area contributed by atoms with Crippen LogP contribution in [-0.4, -0.2) is 0 Å². The second-order valence-electron chi connectivity index (χ2n) is 11.0. The zero-order chi connectivity index (χ0) is 36.7. The van der Waals surface area contributed by atoms with Crippen molar-refractivity contribution in [2.75, 3.05) is 0 Å². The van der Waals surface area contributed by atoms with Crippen molar-refractivity contribution in [2.24, 2.45) is 0 Å². The molecule has 0 fully saturated rings. The minimum atomic E-state index is -0.442. The van der Waals surface area contributed by atoms with Gasteiger partial charge in [-0.3, -0.25) is 0 Å². The summed E-state index contributed by atoms with van der Waals surface area (Å²) in [6.45, 7) is 0. The summed E-state index contributed by atoms with van der Waals surface area (Å²) in [4.78, 5) is 0. The standard InChI is InChI=1S/C44H28O/c1-3-14-29(15-4-1)31-18-13-19-32(28-31)41-34-20-7-9-22-36(34)42(37-23-10-8-21-35(37)41)39-27-26-33(30-16-5-2-6-17-30)44-43(39)38-24-11-12-25-40(38)45-44/h1-28H/i7D,8D,9D,10D,20D,21D,22D,23D. The molecule has 9 aromatic rings. The molecule has 0 saturated carbocycles. The highest BCUT2D eigenvalue weighted by Gasteiger charge is 2.22. The van der Waals surface area contributed by atoms with Crippen LogP contribution < -0.4 is 0 Å². The van der Waals surface area contributed by atoms with Crippen molar-refractivity contribution in [3.05, 3.63) is 170 Å². The molecule has 0 aliphatic carbocycles. The third-order valence-corrected chi connectivity index (χ3v) is 8.51. The van der Waals surface area contributed by atoms with Gasteiger partial charge in [0.25, 0.3) is 0 Å². The fourth-order valence-corrected chi connectivity index (χ4v) is 6.55. The van der Waals surface area contributed by atoms with Gasteiger partial charge in [0, 0.05) is 16.3 Å². The van der Waals surface area contributed by atoms with Gasteiger partial charge in [-0.2, -0.15) is 0 Å². The summed E-state index contributed by atoms with van der Waals surface area (Å²) in [6.07, 6.45) is 0. The smallest absolute Gasteiger partial charge is 0.143 e. The Morgan fingerprint density at radius 3 is 1.62 bits per heavy atom. The van der Waals surface area contributed by atoms with E-state index in [1.54, 1.807) is 0 Å². The Labute approximate surface area is 272 Å². The van der Waals surface area contributed by atoms with Gasteiger partial charge >= 0.3 is 0 Å². The lowest BCUT2D eigenvalue weighted by Crippen LogP contribution is -1.92. The van der Waals surface area contributed by atoms with Gasteiger partial charge in [0.1, 0.15) is 11.2 Å². The molecule has 0 saturated heterocycles. The molecule has 0 aliphatic heterocycles. The minimum absolute atomic E-state index is 0.160. The average molecular weight is 581 g/mol. The summed E-state index contributed by atoms with van der Waals surface area (Å²) >= 11 is 0. The Morgan fingerprint density at radius 1 is 0.400 bits per heavy atom. The molecule has 1 nitrogen and oxygen atoms in total. The summed E-state index contributed by atoms with van der Waals surface area (Å²) in [6, 6.07) is 35.4. The van der Waals surface area contributed by atoms with Gasteiger partial charge in [0.05, 0.1) is 11.0 Å². The minimum Gasteiger partial charge on any atom is -0.455 e. The molecule has 0 amide bonds. The number of rotatable bonds is 4. The highest BCUT2D eigenvalue weighted by Crippen LogP contribution is 2.48. The van der Waals surface area contributed by atoms with E-state index in [4.69, 9.17) is 9.90 Å². The molecule has 9 rings (SSSR count). The van der Waals surface area contributed by atoms with E-state index < -0.39 is 24.2 Å². The Hall–Kier alpha value is -5.92. The Bertz CT molecular complexity index is 2890. The van der Waals surface area contributed by atoms with E-state index in [0.29, 0.717) is 33.2 Å². The van der Waals surface area contributed by atoms with Crippen LogP contribution in [0.5, 0.6) is 0 Å². The quantitative estimate of drug-likeness (QED) is 0.189. The Morgan fingerprint density at radius 2 is 0.933 bits per heavy atom. The van der Waals surface area contributed by atoms with Crippen molar-refractivity contribution in [1.82, 2.24) is 0 Å². The fraction of sp³-hybridized carbons (Fsp3) is 0. The average Bonchev–Trinajstić information content (AvgIpc) is 3.60. The predicted octanol–water partition coefficient (Wildman–Crippen LogP) is 12.6. The summed E-state index contributed by atoms with van der Waals surface area (Å²) in [5.41, 5.74) is 6.34. The van der Waals surface area contributed by atoms with Gasteiger partial charge in [-0.05, 0) is 78.7 Å². The fourth-order valence-electron chi connectivity index (χ4n) is 6.55. The van der Waals surface area contributed by atoms with Crippen LogP contribution in [0.1, 0.15) is 11.0 Å². The molecular formula is C44H28O. The van der Waals surface area contributed by atoms with E-state index in [-0.39, 0.29) is 51.3 Å². The molecule has 0 aliphatic rings. The summed E-state index contributed by atoms with van der Waals surface area (Å²) < 4.78 is 79.7. The molecule has 1 heteroatoms. The van der Waals surface area contributed by atoms with Gasteiger partial charge in [0.2, 0.25) is 0 Å². The van der Waals surface area contributed by atoms with E-state index in [9.17, 15) is 5.48 Å². The zero-order valence-corrected chi connectivity index (χ0v) is 24.0. The van der Waals surface area contributed by atoms with Crippen molar-refractivity contribution >= 4 is 43.5 Å². The van der Waals surface area contributed by atoms with Crippen molar-refractivity contribution in [2.45, 2.75) is 0 Å². The van der Waals surface area contributed by atoms with Crippen LogP contribution in [0.15, 0.2) is 174 Å². The summed E-state index contributed by atoms with van der Waals surface area (Å²) in [5.74, 6) is 0. The largest absolute Gasteiger partial charge is 0.455 e. The van der Waals surface area contributed by atoms with E-state index in [0.717, 1.165) is 27.6 Å². The number of furan rings is 1. The maximum absolute atomic E-state index is 9.45. The number of para-hydroxylation sites is 1. The first-order valence-electron chi connectivity index (χ1n) is 18.8. The molecule has 0 N–H and O–H groups in total. The molecule has 0 atom stereocenters. The molecule has 0 bridgehead atoms. The second kappa shape index (κ2) is 10.4. The van der Waals surface area contributed by atoms with Gasteiger partial charge in [-0.15, -0.1) is 0 Å². The number of fused-ring (bicyclic) bond motifs is 5. The van der Waals surface area contributed by atoms with E-state index >= 15 is 0 Å². The highest BCUT2D eigenvalue weighted by molar-refractivity contribution is 6.26. The van der Waals surface area contributed by atoms with Crippen molar-refractivity contribution < 1.29 is 15.4 Å². The Balaban J connectivity index is 1.55. The molecule has 210 valence electrons. The number of benzene rings is 8. The zero-order valence-electron chi connectivity index (χ0n) is 32.0. The lowest BCUT2D eigenvalue weighted by atomic mass is 9.84. The molecule has 0 radical (unpaired) electrons. The van der Waals surface area contributed by atoms with E-state index in [2.05, 4.69) is 0 Å². The first-order valence-corrected chi connectivity index (χ1v) is 14.8. The topological polar surface area (TPSA) is 13.1 Å². The molecule has 0 unspecified atom stereocenters. The summed E-state index contributed by atoms with van der Waals surface area (Å²) in [7, 11) is 0. The molecule has 8 aromatic carbocycles. The van der Waals surface area contributed by atoms with Crippen LogP contribution in [0, 0.1) is 0 Å². The predicted molar refractivity (Wildman–Crippen MR) is 190 cm³/mol. The second-order valence-corrected chi connectivity index (χ2v) is 11.0. The van der Waals surface area contributed by atoms with Gasteiger partial charge in [-0.25, -0.2) is 0 Å². The maximum Gasteiger partial charge on any atom is 0.143 e. The van der Waals surface area contributed by atoms with Crippen LogP contribution in [0.4, 0.5) is 0 Å². The van der Waals surface area contributed by atoms with E-state index in [1.165, 1.54) is 0 Å². The maximum atomic E-state index is 9.45. The third-order valence-electron chi connectivity index (χ3n) is 8.51. The lowest BCUT2D eigenvalue weighted by molar-refractivity contribution is 0.670. The van der Waals surface area contributed by atoms with Crippen LogP contribution in [0.2, 0.25) is 0 Å². The van der Waals surface area contributed by atoms with E-state index in [1.807, 2.05) is 121 Å². The van der Waals surface area contributed by atoms with Gasteiger partial charge < -0.3 is 4.42 Å². The number of hydrogen-bond donors (Lipinski definition) is 0. The molecule has 1 heterocycles. The van der Waals surface area contributed by atoms with Crippen LogP contribution in [0.3, 0.4) is 0 Å². The summed E-state index contributed by atoms with van der Waals surface area (Å²) in [5, 5.41) is 2.09. The van der Waals surface area contributed by atoms with Crippen LogP contribution in [-0.2, 0) is 0 Å². The third kappa shape index (κ3) is 4.09. The van der Waals surface area contributed by atoms with Crippen LogP contribution in [0.25, 0.3) is 88.0 Å². The first kappa shape index (κ1) is 18.7. The normalized spacial score (nSPS) is 14.0. The Kier molecular flexibility index (Phi) is 4.30. The molecule has 1 aromatic heterocycles. The highest BCUT2D eigenvalue weighted by atomic mass is 16.3. The van der Waals surface area contributed by atoms with Crippen molar-refractivity contribution in [1.29, 1.82) is 0 Å².